The Bertz CT molecular complexity index is 1120. The van der Waals surface area contributed by atoms with Crippen molar-refractivity contribution in [3.05, 3.63) is 59.9 Å². The van der Waals surface area contributed by atoms with Crippen LogP contribution in [0, 0.1) is 0 Å². The van der Waals surface area contributed by atoms with Crippen molar-refractivity contribution in [3.63, 3.8) is 0 Å². The molecular formula is C19H17N3O2S. The van der Waals surface area contributed by atoms with Crippen LogP contribution >= 0.6 is 0 Å². The molecule has 0 N–H and O–H groups in total. The second-order valence-corrected chi connectivity index (χ2v) is 8.60. The maximum absolute atomic E-state index is 12.5. The quantitative estimate of drug-likeness (QED) is 0.677. The Labute approximate surface area is 146 Å². The lowest BCUT2D eigenvalue weighted by Crippen LogP contribution is -2.44. The van der Waals surface area contributed by atoms with E-state index in [9.17, 15) is 8.42 Å². The van der Waals surface area contributed by atoms with Crippen molar-refractivity contribution in [2.75, 3.05) is 17.9 Å². The van der Waals surface area contributed by atoms with Gasteiger partial charge >= 0.3 is 10.2 Å². The predicted octanol–water partition coefficient (Wildman–Crippen LogP) is 2.95. The van der Waals surface area contributed by atoms with Crippen molar-refractivity contribution in [1.82, 2.24) is 9.29 Å². The first-order valence-corrected chi connectivity index (χ1v) is 9.68. The van der Waals surface area contributed by atoms with Crippen LogP contribution in [0.3, 0.4) is 0 Å². The van der Waals surface area contributed by atoms with Crippen LogP contribution in [-0.2, 0) is 23.2 Å². The molecule has 0 saturated heterocycles. The van der Waals surface area contributed by atoms with E-state index in [4.69, 9.17) is 0 Å². The second kappa shape index (κ2) is 5.03. The molecule has 3 heterocycles. The van der Waals surface area contributed by atoms with Gasteiger partial charge in [-0.05, 0) is 40.6 Å². The fourth-order valence-corrected chi connectivity index (χ4v) is 5.37. The van der Waals surface area contributed by atoms with E-state index < -0.39 is 10.2 Å². The summed E-state index contributed by atoms with van der Waals surface area (Å²) < 4.78 is 28.0. The minimum Gasteiger partial charge on any atom is -0.263 e. The van der Waals surface area contributed by atoms with Crippen LogP contribution < -0.4 is 4.31 Å². The normalized spacial score (nSPS) is 18.5. The van der Waals surface area contributed by atoms with Gasteiger partial charge in [0, 0.05) is 43.5 Å². The highest BCUT2D eigenvalue weighted by Crippen LogP contribution is 2.42. The molecule has 0 spiro atoms. The molecule has 0 fully saturated rings. The molecule has 126 valence electrons. The number of anilines is 1. The Morgan fingerprint density at radius 1 is 1.08 bits per heavy atom. The molecule has 5 rings (SSSR count). The largest absolute Gasteiger partial charge is 0.304 e. The van der Waals surface area contributed by atoms with Crippen LogP contribution in [0.15, 0.2) is 48.8 Å². The first kappa shape index (κ1) is 14.9. The van der Waals surface area contributed by atoms with E-state index in [-0.39, 0.29) is 0 Å². The first-order chi connectivity index (χ1) is 12.1. The van der Waals surface area contributed by atoms with E-state index in [1.165, 1.54) is 4.31 Å². The molecule has 0 amide bonds. The zero-order chi connectivity index (χ0) is 17.2. The third-order valence-electron chi connectivity index (χ3n) is 5.15. The summed E-state index contributed by atoms with van der Waals surface area (Å²) in [6, 6.07) is 12.5. The van der Waals surface area contributed by atoms with Crippen LogP contribution in [0.4, 0.5) is 5.69 Å². The van der Waals surface area contributed by atoms with Crippen LogP contribution in [0.25, 0.3) is 21.9 Å². The number of pyridine rings is 1. The van der Waals surface area contributed by atoms with E-state index in [1.54, 1.807) is 11.4 Å². The summed E-state index contributed by atoms with van der Waals surface area (Å²) in [4.78, 5) is 4.39. The summed E-state index contributed by atoms with van der Waals surface area (Å²) in [7, 11) is -1.73. The summed E-state index contributed by atoms with van der Waals surface area (Å²) in [5, 5.41) is 2.27. The zero-order valence-electron chi connectivity index (χ0n) is 13.8. The first-order valence-electron chi connectivity index (χ1n) is 8.28. The zero-order valence-corrected chi connectivity index (χ0v) is 14.6. The lowest BCUT2D eigenvalue weighted by Gasteiger charge is -2.33. The highest BCUT2D eigenvalue weighted by molar-refractivity contribution is 7.90. The van der Waals surface area contributed by atoms with Gasteiger partial charge in [-0.15, -0.1) is 0 Å². The van der Waals surface area contributed by atoms with Gasteiger partial charge < -0.3 is 0 Å². The number of rotatable bonds is 1. The van der Waals surface area contributed by atoms with E-state index in [0.29, 0.717) is 13.1 Å². The van der Waals surface area contributed by atoms with Gasteiger partial charge in [0.15, 0.2) is 0 Å². The number of hydrogen-bond acceptors (Lipinski definition) is 3. The minimum absolute atomic E-state index is 0.410. The molecule has 25 heavy (non-hydrogen) atoms. The smallest absolute Gasteiger partial charge is 0.263 e. The van der Waals surface area contributed by atoms with Crippen molar-refractivity contribution in [2.24, 2.45) is 0 Å². The van der Waals surface area contributed by atoms with Crippen molar-refractivity contribution in [2.45, 2.75) is 13.0 Å². The Hall–Kier alpha value is -2.44. The molecule has 0 radical (unpaired) electrons. The van der Waals surface area contributed by atoms with Crippen molar-refractivity contribution >= 4 is 26.7 Å². The van der Waals surface area contributed by atoms with E-state index >= 15 is 0 Å². The van der Waals surface area contributed by atoms with Crippen molar-refractivity contribution < 1.29 is 8.42 Å². The Balaban J connectivity index is 1.75. The van der Waals surface area contributed by atoms with Crippen LogP contribution in [-0.4, -0.2) is 31.3 Å². The Morgan fingerprint density at radius 2 is 1.88 bits per heavy atom. The summed E-state index contributed by atoms with van der Waals surface area (Å²) in [6.07, 6.45) is 4.52. The third-order valence-corrected chi connectivity index (χ3v) is 6.99. The molecule has 2 aliphatic rings. The molecule has 2 aromatic carbocycles. The Kier molecular flexibility index (Phi) is 2.99. The molecule has 1 aromatic heterocycles. The SMILES string of the molecule is CN1Cc2cc(-c3cncc4ccccc34)cc3c2N(CC3)S1(=O)=O. The van der Waals surface area contributed by atoms with Gasteiger partial charge in [-0.25, -0.2) is 0 Å². The number of hydrogen-bond donors (Lipinski definition) is 0. The van der Waals surface area contributed by atoms with Crippen LogP contribution in [0.5, 0.6) is 0 Å². The topological polar surface area (TPSA) is 53.5 Å². The summed E-state index contributed by atoms with van der Waals surface area (Å²) in [5.41, 5.74) is 5.25. The summed E-state index contributed by atoms with van der Waals surface area (Å²) >= 11 is 0. The second-order valence-electron chi connectivity index (χ2n) is 6.64. The van der Waals surface area contributed by atoms with E-state index in [1.807, 2.05) is 24.5 Å². The number of aromatic nitrogens is 1. The molecular weight excluding hydrogens is 334 g/mol. The van der Waals surface area contributed by atoms with E-state index in [0.717, 1.165) is 45.1 Å². The number of benzene rings is 2. The van der Waals surface area contributed by atoms with Gasteiger partial charge in [-0.1, -0.05) is 24.3 Å². The molecule has 0 saturated carbocycles. The van der Waals surface area contributed by atoms with E-state index in [2.05, 4.69) is 29.2 Å². The minimum atomic E-state index is -3.37. The molecule has 0 bridgehead atoms. The maximum Gasteiger partial charge on any atom is 0.304 e. The molecule has 5 nitrogen and oxygen atoms in total. The number of fused-ring (bicyclic) bond motifs is 1. The fourth-order valence-electron chi connectivity index (χ4n) is 3.95. The summed E-state index contributed by atoms with van der Waals surface area (Å²) in [5.74, 6) is 0. The fraction of sp³-hybridized carbons (Fsp3) is 0.211. The lowest BCUT2D eigenvalue weighted by molar-refractivity contribution is 0.456. The predicted molar refractivity (Wildman–Crippen MR) is 98.6 cm³/mol. The molecule has 2 aliphatic heterocycles. The monoisotopic (exact) mass is 351 g/mol. The van der Waals surface area contributed by atoms with Gasteiger partial charge in [-0.2, -0.15) is 12.7 Å². The average molecular weight is 351 g/mol. The van der Waals surface area contributed by atoms with Crippen LogP contribution in [0.1, 0.15) is 11.1 Å². The number of nitrogens with zero attached hydrogens (tertiary/aromatic N) is 3. The maximum atomic E-state index is 12.5. The van der Waals surface area contributed by atoms with Gasteiger partial charge in [0.05, 0.1) is 5.69 Å². The third kappa shape index (κ3) is 2.04. The Morgan fingerprint density at radius 3 is 2.76 bits per heavy atom. The van der Waals surface area contributed by atoms with Crippen LogP contribution in [0.2, 0.25) is 0 Å². The van der Waals surface area contributed by atoms with Gasteiger partial charge in [-0.3, -0.25) is 9.29 Å². The van der Waals surface area contributed by atoms with Gasteiger partial charge in [0.2, 0.25) is 0 Å². The molecule has 6 heteroatoms. The highest BCUT2D eigenvalue weighted by atomic mass is 32.2. The molecule has 0 atom stereocenters. The molecule has 0 aliphatic carbocycles. The molecule has 3 aromatic rings. The average Bonchev–Trinajstić information content (AvgIpc) is 3.05. The van der Waals surface area contributed by atoms with Gasteiger partial charge in [0.1, 0.15) is 0 Å². The van der Waals surface area contributed by atoms with Gasteiger partial charge in [0.25, 0.3) is 0 Å². The highest BCUT2D eigenvalue weighted by Gasteiger charge is 2.39. The molecule has 0 unspecified atom stereocenters. The summed E-state index contributed by atoms with van der Waals surface area (Å²) in [6.45, 7) is 0.930. The standard InChI is InChI=1S/C19H17N3O2S/c1-21-12-16-9-15(8-13-6-7-22(19(13)16)25(21,23)24)18-11-20-10-14-4-2-3-5-17(14)18/h2-5,8-11H,6-7,12H2,1H3. The lowest BCUT2D eigenvalue weighted by atomic mass is 9.95. The van der Waals surface area contributed by atoms with Crippen molar-refractivity contribution in [1.29, 1.82) is 0 Å². The van der Waals surface area contributed by atoms with Crippen molar-refractivity contribution in [3.8, 4) is 11.1 Å².